The number of primary sulfonamides is 1. The average Bonchev–Trinajstić information content (AvgIpc) is 1.94. The summed E-state index contributed by atoms with van der Waals surface area (Å²) in [6.45, 7) is 1.72. The molecule has 0 aliphatic heterocycles. The van der Waals surface area contributed by atoms with Crippen molar-refractivity contribution in [3.63, 3.8) is 0 Å². The number of benzene rings is 1. The van der Waals surface area contributed by atoms with Crippen LogP contribution in [0.2, 0.25) is 0 Å². The van der Waals surface area contributed by atoms with Crippen molar-refractivity contribution in [2.24, 2.45) is 5.14 Å². The Morgan fingerprint density at radius 2 is 1.92 bits per heavy atom. The number of rotatable bonds is 1. The van der Waals surface area contributed by atoms with Gasteiger partial charge in [-0.05, 0) is 24.6 Å². The van der Waals surface area contributed by atoms with Crippen LogP contribution >= 0.6 is 15.9 Å². The van der Waals surface area contributed by atoms with Gasteiger partial charge in [-0.25, -0.2) is 13.6 Å². The number of nitrogen functional groups attached to an aromatic ring is 1. The number of hydrogen-bond donors (Lipinski definition) is 2. The Hall–Kier alpha value is -0.590. The third-order valence-corrected chi connectivity index (χ3v) is 3.03. The van der Waals surface area contributed by atoms with E-state index in [1.807, 2.05) is 0 Å². The van der Waals surface area contributed by atoms with Crippen molar-refractivity contribution >= 4 is 31.6 Å². The Morgan fingerprint density at radius 1 is 1.38 bits per heavy atom. The van der Waals surface area contributed by atoms with Gasteiger partial charge >= 0.3 is 0 Å². The molecule has 0 bridgehead atoms. The van der Waals surface area contributed by atoms with Gasteiger partial charge in [0.05, 0.1) is 5.69 Å². The SMILES string of the molecule is Cc1cc(Br)cc(S(N)(=O)=O)c1N. The summed E-state index contributed by atoms with van der Waals surface area (Å²) >= 11 is 3.16. The molecular weight excluding hydrogens is 256 g/mol. The summed E-state index contributed by atoms with van der Waals surface area (Å²) in [4.78, 5) is -0.0422. The molecule has 0 saturated carbocycles. The van der Waals surface area contributed by atoms with Crippen LogP contribution in [-0.2, 0) is 10.0 Å². The molecule has 0 amide bonds. The van der Waals surface area contributed by atoms with E-state index in [0.717, 1.165) is 0 Å². The molecule has 4 nitrogen and oxygen atoms in total. The zero-order chi connectivity index (χ0) is 10.2. The highest BCUT2D eigenvalue weighted by Gasteiger charge is 2.14. The number of anilines is 1. The molecule has 1 rings (SSSR count). The van der Waals surface area contributed by atoms with Crippen LogP contribution in [0.15, 0.2) is 21.5 Å². The highest BCUT2D eigenvalue weighted by atomic mass is 79.9. The van der Waals surface area contributed by atoms with Crippen molar-refractivity contribution in [2.75, 3.05) is 5.73 Å². The van der Waals surface area contributed by atoms with Crippen LogP contribution in [0, 0.1) is 6.92 Å². The van der Waals surface area contributed by atoms with Gasteiger partial charge in [0, 0.05) is 4.47 Å². The standard InChI is InChI=1S/C7H9BrN2O2S/c1-4-2-5(8)3-6(7(4)9)13(10,11)12/h2-3H,9H2,1H3,(H2,10,11,12). The first-order chi connectivity index (χ1) is 5.82. The van der Waals surface area contributed by atoms with Gasteiger partial charge in [0.2, 0.25) is 10.0 Å². The lowest BCUT2D eigenvalue weighted by Crippen LogP contribution is -2.15. The van der Waals surface area contributed by atoms with E-state index in [1.165, 1.54) is 6.07 Å². The van der Waals surface area contributed by atoms with Crippen molar-refractivity contribution in [3.8, 4) is 0 Å². The second-order valence-corrected chi connectivity index (χ2v) is 5.13. The zero-order valence-corrected chi connectivity index (χ0v) is 9.31. The van der Waals surface area contributed by atoms with Gasteiger partial charge in [0.15, 0.2) is 0 Å². The molecule has 0 fully saturated rings. The Morgan fingerprint density at radius 3 is 2.38 bits per heavy atom. The minimum absolute atomic E-state index is 0.0422. The van der Waals surface area contributed by atoms with Crippen molar-refractivity contribution in [1.29, 1.82) is 0 Å². The second kappa shape index (κ2) is 3.28. The van der Waals surface area contributed by atoms with Crippen molar-refractivity contribution in [1.82, 2.24) is 0 Å². The highest BCUT2D eigenvalue weighted by Crippen LogP contribution is 2.25. The summed E-state index contributed by atoms with van der Waals surface area (Å²) < 4.78 is 22.7. The third-order valence-electron chi connectivity index (χ3n) is 1.62. The lowest BCUT2D eigenvalue weighted by Gasteiger charge is -2.06. The van der Waals surface area contributed by atoms with Gasteiger partial charge < -0.3 is 5.73 Å². The Labute approximate surface area is 85.1 Å². The van der Waals surface area contributed by atoms with E-state index in [-0.39, 0.29) is 10.6 Å². The van der Waals surface area contributed by atoms with Gasteiger partial charge in [0.1, 0.15) is 4.90 Å². The van der Waals surface area contributed by atoms with Gasteiger partial charge in [-0.15, -0.1) is 0 Å². The van der Waals surface area contributed by atoms with Crippen LogP contribution in [0.4, 0.5) is 5.69 Å². The fourth-order valence-corrected chi connectivity index (χ4v) is 2.44. The fourth-order valence-electron chi connectivity index (χ4n) is 0.959. The van der Waals surface area contributed by atoms with E-state index >= 15 is 0 Å². The zero-order valence-electron chi connectivity index (χ0n) is 6.91. The molecule has 0 aliphatic carbocycles. The first-order valence-electron chi connectivity index (χ1n) is 3.41. The number of hydrogen-bond acceptors (Lipinski definition) is 3. The minimum Gasteiger partial charge on any atom is -0.397 e. The predicted molar refractivity (Wildman–Crippen MR) is 54.7 cm³/mol. The van der Waals surface area contributed by atoms with E-state index in [1.54, 1.807) is 13.0 Å². The average molecular weight is 265 g/mol. The van der Waals surface area contributed by atoms with E-state index in [2.05, 4.69) is 15.9 Å². The van der Waals surface area contributed by atoms with Crippen molar-refractivity contribution in [3.05, 3.63) is 22.2 Å². The summed E-state index contributed by atoms with van der Waals surface area (Å²) in [5.41, 5.74) is 6.44. The maximum absolute atomic E-state index is 11.0. The molecule has 4 N–H and O–H groups in total. The monoisotopic (exact) mass is 264 g/mol. The topological polar surface area (TPSA) is 86.2 Å². The fraction of sp³-hybridized carbons (Fsp3) is 0.143. The lowest BCUT2D eigenvalue weighted by atomic mass is 10.2. The van der Waals surface area contributed by atoms with Gasteiger partial charge in [-0.3, -0.25) is 0 Å². The van der Waals surface area contributed by atoms with Crippen LogP contribution < -0.4 is 10.9 Å². The van der Waals surface area contributed by atoms with Crippen LogP contribution in [0.3, 0.4) is 0 Å². The molecule has 72 valence electrons. The molecule has 13 heavy (non-hydrogen) atoms. The molecule has 6 heteroatoms. The summed E-state index contributed by atoms with van der Waals surface area (Å²) in [5, 5.41) is 4.97. The lowest BCUT2D eigenvalue weighted by molar-refractivity contribution is 0.598. The van der Waals surface area contributed by atoms with Crippen LogP contribution in [0.1, 0.15) is 5.56 Å². The minimum atomic E-state index is -3.73. The number of sulfonamides is 1. The summed E-state index contributed by atoms with van der Waals surface area (Å²) in [6.07, 6.45) is 0. The molecule has 0 aromatic heterocycles. The van der Waals surface area contributed by atoms with Crippen molar-refractivity contribution < 1.29 is 8.42 Å². The maximum atomic E-state index is 11.0. The highest BCUT2D eigenvalue weighted by molar-refractivity contribution is 9.10. The smallest absolute Gasteiger partial charge is 0.240 e. The molecule has 0 radical (unpaired) electrons. The molecule has 1 aromatic rings. The summed E-state index contributed by atoms with van der Waals surface area (Å²) in [6, 6.07) is 3.11. The first-order valence-corrected chi connectivity index (χ1v) is 5.74. The Kier molecular flexibility index (Phi) is 2.65. The molecule has 0 spiro atoms. The van der Waals surface area contributed by atoms with Crippen LogP contribution in [-0.4, -0.2) is 8.42 Å². The molecule has 1 aromatic carbocycles. The Bertz CT molecular complexity index is 442. The van der Waals surface area contributed by atoms with E-state index in [4.69, 9.17) is 10.9 Å². The van der Waals surface area contributed by atoms with Crippen LogP contribution in [0.5, 0.6) is 0 Å². The van der Waals surface area contributed by atoms with Gasteiger partial charge in [-0.1, -0.05) is 15.9 Å². The van der Waals surface area contributed by atoms with E-state index < -0.39 is 10.0 Å². The Balaban J connectivity index is 3.56. The van der Waals surface area contributed by atoms with E-state index in [9.17, 15) is 8.42 Å². The van der Waals surface area contributed by atoms with Crippen LogP contribution in [0.25, 0.3) is 0 Å². The summed E-state index contributed by atoms with van der Waals surface area (Å²) in [7, 11) is -3.73. The molecule has 0 unspecified atom stereocenters. The molecule has 0 atom stereocenters. The number of nitrogens with two attached hydrogens (primary N) is 2. The number of halogens is 1. The van der Waals surface area contributed by atoms with E-state index in [0.29, 0.717) is 10.0 Å². The third kappa shape index (κ3) is 2.20. The van der Waals surface area contributed by atoms with Crippen molar-refractivity contribution in [2.45, 2.75) is 11.8 Å². The summed E-state index contributed by atoms with van der Waals surface area (Å²) in [5.74, 6) is 0. The largest absolute Gasteiger partial charge is 0.397 e. The normalized spacial score (nSPS) is 11.6. The van der Waals surface area contributed by atoms with Gasteiger partial charge in [0.25, 0.3) is 0 Å². The molecule has 0 heterocycles. The van der Waals surface area contributed by atoms with Gasteiger partial charge in [-0.2, -0.15) is 0 Å². The molecule has 0 saturated heterocycles. The number of aryl methyl sites for hydroxylation is 1. The molecule has 0 aliphatic rings. The predicted octanol–water partition coefficient (Wildman–Crippen LogP) is 0.987. The molecular formula is C7H9BrN2O2S. The quantitative estimate of drug-likeness (QED) is 0.742. The first kappa shape index (κ1) is 10.5. The second-order valence-electron chi connectivity index (χ2n) is 2.68. The maximum Gasteiger partial charge on any atom is 0.240 e.